The molecule has 7 nitrogen and oxygen atoms in total. The standard InChI is InChI=1S/C28H36F2N6O/c29-22-6-11-26(27(30)17-22)28(37,19-36-21-31-20-32-36)18-34-13-4-5-23(12-16-34)33-24-7-9-25(10-8-24)35-14-2-1-3-15-35/h6-11,17,20-21,23,33,37H,1-5,12-16,18-19H2. The number of rotatable bonds is 8. The lowest BCUT2D eigenvalue weighted by Gasteiger charge is -2.34. The van der Waals surface area contributed by atoms with E-state index in [1.165, 1.54) is 54.4 Å². The fourth-order valence-electron chi connectivity index (χ4n) is 5.65. The zero-order valence-corrected chi connectivity index (χ0v) is 21.2. The van der Waals surface area contributed by atoms with Gasteiger partial charge in [-0.2, -0.15) is 5.10 Å². The molecule has 2 saturated heterocycles. The SMILES string of the molecule is OC(CN1CCCC(Nc2ccc(N3CCCCC3)cc2)CC1)(Cn1cncn1)c1ccc(F)cc1F. The summed E-state index contributed by atoms with van der Waals surface area (Å²) in [6, 6.07) is 12.4. The van der Waals surface area contributed by atoms with E-state index in [2.05, 4.69) is 49.5 Å². The van der Waals surface area contributed by atoms with Crippen molar-refractivity contribution < 1.29 is 13.9 Å². The van der Waals surface area contributed by atoms with Gasteiger partial charge in [0.25, 0.3) is 0 Å². The number of piperidine rings is 1. The van der Waals surface area contributed by atoms with E-state index >= 15 is 0 Å². The molecule has 0 bridgehead atoms. The quantitative estimate of drug-likeness (QED) is 0.468. The third kappa shape index (κ3) is 6.45. The number of hydrogen-bond acceptors (Lipinski definition) is 6. The third-order valence-corrected chi connectivity index (χ3v) is 7.59. The van der Waals surface area contributed by atoms with Crippen LogP contribution in [-0.2, 0) is 12.1 Å². The topological polar surface area (TPSA) is 69.5 Å². The summed E-state index contributed by atoms with van der Waals surface area (Å²) in [6.07, 6.45) is 9.59. The Kier molecular flexibility index (Phi) is 8.00. The Hall–Kier alpha value is -3.04. The van der Waals surface area contributed by atoms with Crippen LogP contribution in [0.15, 0.2) is 55.1 Å². The van der Waals surface area contributed by atoms with Crippen LogP contribution in [0, 0.1) is 11.6 Å². The van der Waals surface area contributed by atoms with Crippen LogP contribution in [0.4, 0.5) is 20.2 Å². The lowest BCUT2D eigenvalue weighted by atomic mass is 9.92. The number of aliphatic hydroxyl groups is 1. The van der Waals surface area contributed by atoms with Crippen LogP contribution in [0.3, 0.4) is 0 Å². The second-order valence-electron chi connectivity index (χ2n) is 10.4. The number of halogens is 2. The highest BCUT2D eigenvalue weighted by atomic mass is 19.1. The molecule has 0 aliphatic carbocycles. The van der Waals surface area contributed by atoms with Gasteiger partial charge in [0, 0.05) is 55.2 Å². The van der Waals surface area contributed by atoms with Gasteiger partial charge in [0.15, 0.2) is 0 Å². The largest absolute Gasteiger partial charge is 0.382 e. The van der Waals surface area contributed by atoms with E-state index in [4.69, 9.17) is 0 Å². The number of anilines is 2. The van der Waals surface area contributed by atoms with Gasteiger partial charge in [-0.25, -0.2) is 18.4 Å². The third-order valence-electron chi connectivity index (χ3n) is 7.59. The number of β-amino-alcohol motifs (C(OH)–C–C–N with tert-alkyl or cyclic N) is 1. The minimum Gasteiger partial charge on any atom is -0.382 e. The van der Waals surface area contributed by atoms with Crippen molar-refractivity contribution in [2.45, 2.75) is 56.7 Å². The second-order valence-corrected chi connectivity index (χ2v) is 10.4. The van der Waals surface area contributed by atoms with Gasteiger partial charge in [0.2, 0.25) is 0 Å². The van der Waals surface area contributed by atoms with Crippen molar-refractivity contribution in [1.29, 1.82) is 0 Å². The predicted octanol–water partition coefficient (Wildman–Crippen LogP) is 4.40. The van der Waals surface area contributed by atoms with E-state index in [0.717, 1.165) is 57.2 Å². The number of benzene rings is 2. The number of likely N-dealkylation sites (tertiary alicyclic amines) is 1. The van der Waals surface area contributed by atoms with Crippen molar-refractivity contribution in [2.24, 2.45) is 0 Å². The molecular formula is C28H36F2N6O. The Morgan fingerprint density at radius 2 is 1.73 bits per heavy atom. The molecule has 2 unspecified atom stereocenters. The first-order valence-electron chi connectivity index (χ1n) is 13.3. The lowest BCUT2D eigenvalue weighted by Crippen LogP contribution is -2.45. The van der Waals surface area contributed by atoms with E-state index in [0.29, 0.717) is 6.04 Å². The van der Waals surface area contributed by atoms with Crippen LogP contribution in [0.1, 0.15) is 44.1 Å². The van der Waals surface area contributed by atoms with Crippen LogP contribution >= 0.6 is 0 Å². The number of nitrogens with zero attached hydrogens (tertiary/aromatic N) is 5. The summed E-state index contributed by atoms with van der Waals surface area (Å²) in [5.41, 5.74) is 0.896. The fourth-order valence-corrected chi connectivity index (χ4v) is 5.65. The average Bonchev–Trinajstić information content (AvgIpc) is 3.31. The molecule has 3 aromatic rings. The Morgan fingerprint density at radius 3 is 2.46 bits per heavy atom. The Labute approximate surface area is 217 Å². The molecule has 3 heterocycles. The second kappa shape index (κ2) is 11.6. The molecule has 2 fully saturated rings. The van der Waals surface area contributed by atoms with Gasteiger partial charge in [-0.15, -0.1) is 0 Å². The molecule has 0 radical (unpaired) electrons. The first-order chi connectivity index (χ1) is 18.0. The average molecular weight is 511 g/mol. The Balaban J connectivity index is 1.22. The molecule has 1 aromatic heterocycles. The van der Waals surface area contributed by atoms with Crippen LogP contribution in [0.5, 0.6) is 0 Å². The minimum absolute atomic E-state index is 0.0249. The summed E-state index contributed by atoms with van der Waals surface area (Å²) >= 11 is 0. The smallest absolute Gasteiger partial charge is 0.137 e. The van der Waals surface area contributed by atoms with Crippen molar-refractivity contribution in [3.8, 4) is 0 Å². The Bertz CT molecular complexity index is 1140. The highest BCUT2D eigenvalue weighted by molar-refractivity contribution is 5.55. The maximum atomic E-state index is 14.8. The monoisotopic (exact) mass is 510 g/mol. The van der Waals surface area contributed by atoms with Gasteiger partial charge < -0.3 is 15.3 Å². The Morgan fingerprint density at radius 1 is 0.919 bits per heavy atom. The van der Waals surface area contributed by atoms with Crippen LogP contribution < -0.4 is 10.2 Å². The summed E-state index contributed by atoms with van der Waals surface area (Å²) < 4.78 is 29.9. The lowest BCUT2D eigenvalue weighted by molar-refractivity contribution is -0.0209. The molecule has 2 aromatic carbocycles. The number of aromatic nitrogens is 3. The minimum atomic E-state index is -1.58. The van der Waals surface area contributed by atoms with E-state index in [-0.39, 0.29) is 18.7 Å². The normalized spacial score (nSPS) is 20.8. The molecule has 2 aliphatic heterocycles. The van der Waals surface area contributed by atoms with Gasteiger partial charge in [-0.05, 0) is 75.4 Å². The van der Waals surface area contributed by atoms with Crippen LogP contribution in [0.25, 0.3) is 0 Å². The summed E-state index contributed by atoms with van der Waals surface area (Å²) in [5.74, 6) is -1.43. The van der Waals surface area contributed by atoms with E-state index in [9.17, 15) is 13.9 Å². The van der Waals surface area contributed by atoms with Crippen molar-refractivity contribution >= 4 is 11.4 Å². The van der Waals surface area contributed by atoms with Crippen LogP contribution in [0.2, 0.25) is 0 Å². The molecule has 0 amide bonds. The molecule has 37 heavy (non-hydrogen) atoms. The van der Waals surface area contributed by atoms with E-state index in [1.807, 2.05) is 0 Å². The van der Waals surface area contributed by atoms with Gasteiger partial charge >= 0.3 is 0 Å². The summed E-state index contributed by atoms with van der Waals surface area (Å²) in [6.45, 7) is 4.05. The van der Waals surface area contributed by atoms with Gasteiger partial charge in [-0.1, -0.05) is 6.07 Å². The molecule has 0 saturated carbocycles. The molecular weight excluding hydrogens is 474 g/mol. The molecule has 0 spiro atoms. The fraction of sp³-hybridized carbons (Fsp3) is 0.500. The maximum absolute atomic E-state index is 14.8. The molecule has 2 aliphatic rings. The summed E-state index contributed by atoms with van der Waals surface area (Å²) in [7, 11) is 0. The maximum Gasteiger partial charge on any atom is 0.137 e. The summed E-state index contributed by atoms with van der Waals surface area (Å²) in [4.78, 5) is 8.57. The molecule has 2 N–H and O–H groups in total. The highest BCUT2D eigenvalue weighted by Gasteiger charge is 2.36. The van der Waals surface area contributed by atoms with Crippen molar-refractivity contribution in [3.63, 3.8) is 0 Å². The first kappa shape index (κ1) is 25.6. The molecule has 9 heteroatoms. The molecule has 198 valence electrons. The number of hydrogen-bond donors (Lipinski definition) is 2. The van der Waals surface area contributed by atoms with Gasteiger partial charge in [0.1, 0.15) is 29.9 Å². The summed E-state index contributed by atoms with van der Waals surface area (Å²) in [5, 5.41) is 19.5. The first-order valence-corrected chi connectivity index (χ1v) is 13.3. The van der Waals surface area contributed by atoms with Crippen molar-refractivity contribution in [3.05, 3.63) is 72.3 Å². The van der Waals surface area contributed by atoms with Gasteiger partial charge in [-0.3, -0.25) is 4.90 Å². The van der Waals surface area contributed by atoms with Crippen molar-refractivity contribution in [2.75, 3.05) is 42.9 Å². The van der Waals surface area contributed by atoms with Crippen molar-refractivity contribution in [1.82, 2.24) is 19.7 Å². The van der Waals surface area contributed by atoms with E-state index in [1.54, 1.807) is 0 Å². The zero-order chi connectivity index (χ0) is 25.7. The van der Waals surface area contributed by atoms with E-state index < -0.39 is 17.2 Å². The number of nitrogens with one attached hydrogen (secondary N) is 1. The molecule has 2 atom stereocenters. The molecule has 5 rings (SSSR count). The predicted molar refractivity (Wildman–Crippen MR) is 140 cm³/mol. The zero-order valence-electron chi connectivity index (χ0n) is 21.2. The van der Waals surface area contributed by atoms with Gasteiger partial charge in [0.05, 0.1) is 6.54 Å². The highest BCUT2D eigenvalue weighted by Crippen LogP contribution is 2.29. The van der Waals surface area contributed by atoms with Crippen LogP contribution in [-0.4, -0.2) is 63.5 Å².